The van der Waals surface area contributed by atoms with E-state index in [1.54, 1.807) is 36.0 Å². The first-order valence-electron chi connectivity index (χ1n) is 6.42. The quantitative estimate of drug-likeness (QED) is 0.673. The van der Waals surface area contributed by atoms with Crippen LogP contribution in [-0.2, 0) is 4.79 Å². The molecule has 1 N–H and O–H groups in total. The average molecular weight is 290 g/mol. The number of ketones is 1. The SMILES string of the molecule is O=C(CN1C(=O)N[C@]2(CCSC2)C1=O)c1ccccc1. The smallest absolute Gasteiger partial charge is 0.322 e. The third kappa shape index (κ3) is 2.10. The summed E-state index contributed by atoms with van der Waals surface area (Å²) in [5.41, 5.74) is -0.270. The van der Waals surface area contributed by atoms with Gasteiger partial charge in [-0.15, -0.1) is 0 Å². The van der Waals surface area contributed by atoms with Crippen molar-refractivity contribution in [3.05, 3.63) is 35.9 Å². The van der Waals surface area contributed by atoms with Crippen molar-refractivity contribution in [2.75, 3.05) is 18.1 Å². The van der Waals surface area contributed by atoms with Crippen molar-refractivity contribution in [1.29, 1.82) is 0 Å². The van der Waals surface area contributed by atoms with Crippen LogP contribution in [0.5, 0.6) is 0 Å². The van der Waals surface area contributed by atoms with E-state index >= 15 is 0 Å². The van der Waals surface area contributed by atoms with Gasteiger partial charge >= 0.3 is 6.03 Å². The van der Waals surface area contributed by atoms with E-state index in [9.17, 15) is 14.4 Å². The predicted octanol–water partition coefficient (Wildman–Crippen LogP) is 1.30. The molecule has 2 aliphatic rings. The second-order valence-electron chi connectivity index (χ2n) is 5.00. The molecule has 2 aliphatic heterocycles. The fraction of sp³-hybridized carbons (Fsp3) is 0.357. The highest BCUT2D eigenvalue weighted by Gasteiger charge is 2.53. The van der Waals surface area contributed by atoms with E-state index in [0.717, 1.165) is 10.7 Å². The summed E-state index contributed by atoms with van der Waals surface area (Å²) >= 11 is 1.65. The molecule has 2 saturated heterocycles. The summed E-state index contributed by atoms with van der Waals surface area (Å²) in [7, 11) is 0. The second kappa shape index (κ2) is 4.94. The van der Waals surface area contributed by atoms with Gasteiger partial charge in [-0.2, -0.15) is 11.8 Å². The lowest BCUT2D eigenvalue weighted by Crippen LogP contribution is -2.47. The fourth-order valence-electron chi connectivity index (χ4n) is 2.51. The van der Waals surface area contributed by atoms with Crippen LogP contribution in [0.15, 0.2) is 30.3 Å². The van der Waals surface area contributed by atoms with Crippen molar-refractivity contribution in [3.63, 3.8) is 0 Å². The van der Waals surface area contributed by atoms with Crippen LogP contribution in [0.25, 0.3) is 0 Å². The molecule has 0 radical (unpaired) electrons. The van der Waals surface area contributed by atoms with Gasteiger partial charge in [-0.05, 0) is 12.2 Å². The van der Waals surface area contributed by atoms with Crippen LogP contribution >= 0.6 is 11.8 Å². The minimum Gasteiger partial charge on any atom is -0.322 e. The van der Waals surface area contributed by atoms with Crippen LogP contribution < -0.4 is 5.32 Å². The van der Waals surface area contributed by atoms with Crippen LogP contribution in [0.4, 0.5) is 4.79 Å². The molecule has 2 fully saturated rings. The van der Waals surface area contributed by atoms with Gasteiger partial charge in [-0.25, -0.2) is 4.79 Å². The van der Waals surface area contributed by atoms with Crippen molar-refractivity contribution in [1.82, 2.24) is 10.2 Å². The molecule has 3 amide bonds. The van der Waals surface area contributed by atoms with Gasteiger partial charge in [0.15, 0.2) is 5.78 Å². The molecule has 0 bridgehead atoms. The van der Waals surface area contributed by atoms with Gasteiger partial charge < -0.3 is 5.32 Å². The number of hydrogen-bond donors (Lipinski definition) is 1. The van der Waals surface area contributed by atoms with Crippen LogP contribution in [-0.4, -0.2) is 46.2 Å². The Morgan fingerprint density at radius 3 is 2.70 bits per heavy atom. The number of nitrogens with one attached hydrogen (secondary N) is 1. The van der Waals surface area contributed by atoms with Crippen molar-refractivity contribution >= 4 is 29.5 Å². The lowest BCUT2D eigenvalue weighted by atomic mass is 9.99. The molecule has 1 aromatic carbocycles. The molecule has 5 nitrogen and oxygen atoms in total. The first-order chi connectivity index (χ1) is 9.62. The van der Waals surface area contributed by atoms with Gasteiger partial charge in [0.25, 0.3) is 5.91 Å². The molecule has 1 spiro atoms. The van der Waals surface area contributed by atoms with Crippen molar-refractivity contribution < 1.29 is 14.4 Å². The predicted molar refractivity (Wildman–Crippen MR) is 75.7 cm³/mol. The lowest BCUT2D eigenvalue weighted by Gasteiger charge is -2.18. The molecule has 2 heterocycles. The van der Waals surface area contributed by atoms with Crippen LogP contribution in [0.3, 0.4) is 0 Å². The number of Topliss-reactive ketones (excluding diaryl/α,β-unsaturated/α-hetero) is 1. The standard InChI is InChI=1S/C14H14N2O3S/c17-11(10-4-2-1-3-5-10)8-16-12(18)14(15-13(16)19)6-7-20-9-14/h1-5H,6-9H2,(H,15,19)/t14-/m0/s1. The van der Waals surface area contributed by atoms with E-state index in [0.29, 0.717) is 17.7 Å². The second-order valence-corrected chi connectivity index (χ2v) is 6.10. The molecule has 3 rings (SSSR count). The van der Waals surface area contributed by atoms with E-state index in [-0.39, 0.29) is 18.2 Å². The number of rotatable bonds is 3. The maximum absolute atomic E-state index is 12.4. The molecule has 20 heavy (non-hydrogen) atoms. The third-order valence-electron chi connectivity index (χ3n) is 3.67. The Bertz CT molecular complexity index is 567. The van der Waals surface area contributed by atoms with E-state index in [1.807, 2.05) is 6.07 Å². The Morgan fingerprint density at radius 1 is 1.30 bits per heavy atom. The summed E-state index contributed by atoms with van der Waals surface area (Å²) in [6.07, 6.45) is 0.637. The number of carbonyl (C=O) groups is 3. The molecule has 6 heteroatoms. The summed E-state index contributed by atoms with van der Waals surface area (Å²) in [6, 6.07) is 8.24. The van der Waals surface area contributed by atoms with Gasteiger partial charge in [0, 0.05) is 11.3 Å². The van der Waals surface area contributed by atoms with Gasteiger partial charge in [-0.3, -0.25) is 14.5 Å². The Hall–Kier alpha value is -1.82. The van der Waals surface area contributed by atoms with Crippen molar-refractivity contribution in [3.8, 4) is 0 Å². The molecule has 1 atom stereocenters. The minimum atomic E-state index is -0.779. The van der Waals surface area contributed by atoms with Gasteiger partial charge in [0.2, 0.25) is 0 Å². The maximum Gasteiger partial charge on any atom is 0.325 e. The molecule has 0 saturated carbocycles. The zero-order chi connectivity index (χ0) is 14.2. The van der Waals surface area contributed by atoms with Crippen LogP contribution in [0.2, 0.25) is 0 Å². The van der Waals surface area contributed by atoms with Gasteiger partial charge in [-0.1, -0.05) is 30.3 Å². The van der Waals surface area contributed by atoms with E-state index in [4.69, 9.17) is 0 Å². The van der Waals surface area contributed by atoms with Crippen molar-refractivity contribution in [2.24, 2.45) is 0 Å². The highest BCUT2D eigenvalue weighted by molar-refractivity contribution is 7.99. The van der Waals surface area contributed by atoms with Crippen LogP contribution in [0.1, 0.15) is 16.8 Å². The number of carbonyl (C=O) groups excluding carboxylic acids is 3. The third-order valence-corrected chi connectivity index (χ3v) is 4.85. The van der Waals surface area contributed by atoms with Crippen LogP contribution in [0, 0.1) is 0 Å². The Balaban J connectivity index is 1.76. The van der Waals surface area contributed by atoms with Crippen molar-refractivity contribution in [2.45, 2.75) is 12.0 Å². The number of benzene rings is 1. The Kier molecular flexibility index (Phi) is 3.25. The number of imide groups is 1. The summed E-state index contributed by atoms with van der Waals surface area (Å²) in [4.78, 5) is 37.5. The lowest BCUT2D eigenvalue weighted by molar-refractivity contribution is -0.130. The maximum atomic E-state index is 12.4. The summed E-state index contributed by atoms with van der Waals surface area (Å²) in [6.45, 7) is -0.193. The summed E-state index contributed by atoms with van der Waals surface area (Å²) in [5, 5.41) is 2.75. The molecular weight excluding hydrogens is 276 g/mol. The normalized spacial score (nSPS) is 25.3. The van der Waals surface area contributed by atoms with Gasteiger partial charge in [0.05, 0.1) is 6.54 Å². The summed E-state index contributed by atoms with van der Waals surface area (Å²) in [5.74, 6) is 0.952. The molecule has 0 aliphatic carbocycles. The number of hydrogen-bond acceptors (Lipinski definition) is 4. The average Bonchev–Trinajstić information content (AvgIpc) is 3.01. The van der Waals surface area contributed by atoms with E-state index in [1.165, 1.54) is 0 Å². The molecule has 0 aromatic heterocycles. The highest BCUT2D eigenvalue weighted by atomic mass is 32.2. The number of nitrogens with zero attached hydrogens (tertiary/aromatic N) is 1. The number of thioether (sulfide) groups is 1. The van der Waals surface area contributed by atoms with E-state index in [2.05, 4.69) is 5.32 Å². The Morgan fingerprint density at radius 2 is 2.05 bits per heavy atom. The number of urea groups is 1. The number of amides is 3. The first-order valence-corrected chi connectivity index (χ1v) is 7.58. The monoisotopic (exact) mass is 290 g/mol. The molecule has 104 valence electrons. The molecule has 0 unspecified atom stereocenters. The largest absolute Gasteiger partial charge is 0.325 e. The minimum absolute atomic E-state index is 0.193. The zero-order valence-corrected chi connectivity index (χ0v) is 11.6. The molecular formula is C14H14N2O3S. The topological polar surface area (TPSA) is 66.5 Å². The Labute approximate surface area is 120 Å². The highest BCUT2D eigenvalue weighted by Crippen LogP contribution is 2.33. The van der Waals surface area contributed by atoms with E-state index < -0.39 is 11.6 Å². The zero-order valence-electron chi connectivity index (χ0n) is 10.8. The first kappa shape index (κ1) is 13.2. The fourth-order valence-corrected chi connectivity index (χ4v) is 3.84. The molecule has 1 aromatic rings. The summed E-state index contributed by atoms with van der Waals surface area (Å²) < 4.78 is 0. The van der Waals surface area contributed by atoms with Gasteiger partial charge in [0.1, 0.15) is 5.54 Å².